The number of nitrogens with zero attached hydrogens (tertiary/aromatic N) is 1. The van der Waals surface area contributed by atoms with E-state index in [0.717, 1.165) is 25.0 Å². The van der Waals surface area contributed by atoms with Crippen LogP contribution in [0.25, 0.3) is 10.9 Å². The fourth-order valence-electron chi connectivity index (χ4n) is 2.40. The molecule has 1 aromatic carbocycles. The topological polar surface area (TPSA) is 54.0 Å². The molecule has 0 aliphatic carbocycles. The highest BCUT2D eigenvalue weighted by Crippen LogP contribution is 2.13. The third kappa shape index (κ3) is 2.90. The Kier molecular flexibility index (Phi) is 3.42. The van der Waals surface area contributed by atoms with E-state index >= 15 is 0 Å². The minimum Gasteiger partial charge on any atom is -0.355 e. The molecule has 1 amide bonds. The van der Waals surface area contributed by atoms with Crippen molar-refractivity contribution in [2.45, 2.75) is 25.4 Å². The molecule has 1 aliphatic rings. The smallest absolute Gasteiger partial charge is 0.220 e. The summed E-state index contributed by atoms with van der Waals surface area (Å²) in [7, 11) is 0. The summed E-state index contributed by atoms with van der Waals surface area (Å²) in [5.74, 6) is 0.162. The van der Waals surface area contributed by atoms with E-state index in [4.69, 9.17) is 0 Å². The number of piperidine rings is 1. The van der Waals surface area contributed by atoms with Crippen LogP contribution in [0.3, 0.4) is 0 Å². The Balaban J connectivity index is 1.63. The lowest BCUT2D eigenvalue weighted by Crippen LogP contribution is -2.45. The molecule has 1 atom stereocenters. The number of carbonyl (C=O) groups excluding carboxylic acids is 1. The van der Waals surface area contributed by atoms with Crippen molar-refractivity contribution >= 4 is 16.8 Å². The van der Waals surface area contributed by atoms with Gasteiger partial charge in [0.25, 0.3) is 0 Å². The summed E-state index contributed by atoms with van der Waals surface area (Å²) in [6.07, 6.45) is 3.35. The van der Waals surface area contributed by atoms with Gasteiger partial charge in [-0.1, -0.05) is 12.1 Å². The van der Waals surface area contributed by atoms with Crippen LogP contribution in [0, 0.1) is 0 Å². The van der Waals surface area contributed by atoms with E-state index in [1.165, 1.54) is 10.9 Å². The molecule has 1 saturated heterocycles. The number of amides is 1. The SMILES string of the molecule is O=C1CCC(NCc2ccc3ncccc3c2)CN1. The van der Waals surface area contributed by atoms with Crippen LogP contribution in [-0.4, -0.2) is 23.5 Å². The van der Waals surface area contributed by atoms with E-state index in [0.29, 0.717) is 12.5 Å². The lowest BCUT2D eigenvalue weighted by Gasteiger charge is -2.23. The van der Waals surface area contributed by atoms with Crippen molar-refractivity contribution in [1.29, 1.82) is 0 Å². The summed E-state index contributed by atoms with van der Waals surface area (Å²) in [6, 6.07) is 10.7. The Hall–Kier alpha value is -1.94. The van der Waals surface area contributed by atoms with Gasteiger partial charge in [-0.3, -0.25) is 9.78 Å². The Morgan fingerprint density at radius 3 is 3.16 bits per heavy atom. The van der Waals surface area contributed by atoms with Crippen LogP contribution in [0.15, 0.2) is 36.5 Å². The van der Waals surface area contributed by atoms with Gasteiger partial charge in [0, 0.05) is 37.1 Å². The monoisotopic (exact) mass is 255 g/mol. The highest BCUT2D eigenvalue weighted by atomic mass is 16.1. The van der Waals surface area contributed by atoms with Crippen molar-refractivity contribution < 1.29 is 4.79 Å². The molecule has 4 nitrogen and oxygen atoms in total. The third-order valence-corrected chi connectivity index (χ3v) is 3.53. The number of hydrogen-bond donors (Lipinski definition) is 2. The first kappa shape index (κ1) is 12.1. The van der Waals surface area contributed by atoms with Gasteiger partial charge in [-0.05, 0) is 30.2 Å². The van der Waals surface area contributed by atoms with E-state index in [9.17, 15) is 4.79 Å². The van der Waals surface area contributed by atoms with Crippen LogP contribution in [-0.2, 0) is 11.3 Å². The fraction of sp³-hybridized carbons (Fsp3) is 0.333. The van der Waals surface area contributed by atoms with Gasteiger partial charge in [0.1, 0.15) is 0 Å². The molecule has 3 rings (SSSR count). The standard InChI is InChI=1S/C15H17N3O/c19-15-6-4-13(10-18-15)17-9-11-3-5-14-12(8-11)2-1-7-16-14/h1-3,5,7-8,13,17H,4,6,9-10H2,(H,18,19). The van der Waals surface area contributed by atoms with Crippen LogP contribution in [0.1, 0.15) is 18.4 Å². The van der Waals surface area contributed by atoms with Crippen molar-refractivity contribution in [1.82, 2.24) is 15.6 Å². The molecule has 1 aromatic heterocycles. The molecule has 0 saturated carbocycles. The molecule has 19 heavy (non-hydrogen) atoms. The number of rotatable bonds is 3. The number of pyridine rings is 1. The molecule has 1 aliphatic heterocycles. The molecule has 1 fully saturated rings. The van der Waals surface area contributed by atoms with Gasteiger partial charge in [-0.15, -0.1) is 0 Å². The lowest BCUT2D eigenvalue weighted by atomic mass is 10.1. The molecule has 98 valence electrons. The molecular weight excluding hydrogens is 238 g/mol. The van der Waals surface area contributed by atoms with Crippen molar-refractivity contribution in [3.8, 4) is 0 Å². The van der Waals surface area contributed by atoms with E-state index in [-0.39, 0.29) is 5.91 Å². The Labute approximate surface area is 112 Å². The molecule has 0 spiro atoms. The predicted octanol–water partition coefficient (Wildman–Crippen LogP) is 1.60. The minimum absolute atomic E-state index is 0.162. The van der Waals surface area contributed by atoms with E-state index in [2.05, 4.69) is 39.9 Å². The van der Waals surface area contributed by atoms with Crippen LogP contribution in [0.4, 0.5) is 0 Å². The maximum Gasteiger partial charge on any atom is 0.220 e. The zero-order valence-electron chi connectivity index (χ0n) is 10.7. The van der Waals surface area contributed by atoms with Crippen LogP contribution >= 0.6 is 0 Å². The van der Waals surface area contributed by atoms with Gasteiger partial charge >= 0.3 is 0 Å². The number of hydrogen-bond acceptors (Lipinski definition) is 3. The molecule has 1 unspecified atom stereocenters. The molecular formula is C15H17N3O. The Morgan fingerprint density at radius 2 is 2.32 bits per heavy atom. The summed E-state index contributed by atoms with van der Waals surface area (Å²) in [5, 5.41) is 7.54. The maximum atomic E-state index is 11.1. The molecule has 2 aromatic rings. The third-order valence-electron chi connectivity index (χ3n) is 3.53. The van der Waals surface area contributed by atoms with Crippen LogP contribution in [0.2, 0.25) is 0 Å². The summed E-state index contributed by atoms with van der Waals surface area (Å²) in [5.41, 5.74) is 2.27. The summed E-state index contributed by atoms with van der Waals surface area (Å²) in [4.78, 5) is 15.4. The normalized spacial score (nSPS) is 19.4. The summed E-state index contributed by atoms with van der Waals surface area (Å²) >= 11 is 0. The van der Waals surface area contributed by atoms with Crippen molar-refractivity contribution in [3.05, 3.63) is 42.1 Å². The molecule has 4 heteroatoms. The molecule has 0 radical (unpaired) electrons. The summed E-state index contributed by atoms with van der Waals surface area (Å²) in [6.45, 7) is 1.55. The second kappa shape index (κ2) is 5.36. The fourth-order valence-corrected chi connectivity index (χ4v) is 2.40. The van der Waals surface area contributed by atoms with Crippen molar-refractivity contribution in [2.75, 3.05) is 6.54 Å². The van der Waals surface area contributed by atoms with Crippen LogP contribution < -0.4 is 10.6 Å². The second-order valence-electron chi connectivity index (χ2n) is 4.95. The Morgan fingerprint density at radius 1 is 1.37 bits per heavy atom. The number of aromatic nitrogens is 1. The number of benzene rings is 1. The first-order valence-corrected chi connectivity index (χ1v) is 6.65. The van der Waals surface area contributed by atoms with Gasteiger partial charge in [0.2, 0.25) is 5.91 Å². The first-order valence-electron chi connectivity index (χ1n) is 6.65. The lowest BCUT2D eigenvalue weighted by molar-refractivity contribution is -0.122. The predicted molar refractivity (Wildman–Crippen MR) is 74.6 cm³/mol. The Bertz CT molecular complexity index is 587. The average Bonchev–Trinajstić information content (AvgIpc) is 2.46. The molecule has 2 heterocycles. The zero-order valence-corrected chi connectivity index (χ0v) is 10.7. The van der Waals surface area contributed by atoms with Gasteiger partial charge in [-0.25, -0.2) is 0 Å². The van der Waals surface area contributed by atoms with Gasteiger partial charge in [0.05, 0.1) is 5.52 Å². The number of fused-ring (bicyclic) bond motifs is 1. The molecule has 2 N–H and O–H groups in total. The van der Waals surface area contributed by atoms with Crippen molar-refractivity contribution in [2.24, 2.45) is 0 Å². The van der Waals surface area contributed by atoms with E-state index < -0.39 is 0 Å². The van der Waals surface area contributed by atoms with Gasteiger partial charge in [0.15, 0.2) is 0 Å². The quantitative estimate of drug-likeness (QED) is 0.876. The van der Waals surface area contributed by atoms with E-state index in [1.807, 2.05) is 12.3 Å². The summed E-state index contributed by atoms with van der Waals surface area (Å²) < 4.78 is 0. The average molecular weight is 255 g/mol. The highest BCUT2D eigenvalue weighted by molar-refractivity contribution is 5.79. The zero-order chi connectivity index (χ0) is 13.1. The van der Waals surface area contributed by atoms with Crippen molar-refractivity contribution in [3.63, 3.8) is 0 Å². The number of nitrogens with one attached hydrogen (secondary N) is 2. The maximum absolute atomic E-state index is 11.1. The minimum atomic E-state index is 0.162. The highest BCUT2D eigenvalue weighted by Gasteiger charge is 2.16. The van der Waals surface area contributed by atoms with Crippen LogP contribution in [0.5, 0.6) is 0 Å². The largest absolute Gasteiger partial charge is 0.355 e. The second-order valence-corrected chi connectivity index (χ2v) is 4.95. The van der Waals surface area contributed by atoms with E-state index in [1.54, 1.807) is 0 Å². The number of carbonyl (C=O) groups is 1. The van der Waals surface area contributed by atoms with Gasteiger partial charge < -0.3 is 10.6 Å². The first-order chi connectivity index (χ1) is 9.31. The molecule has 0 bridgehead atoms. The van der Waals surface area contributed by atoms with Gasteiger partial charge in [-0.2, -0.15) is 0 Å².